The van der Waals surface area contributed by atoms with Crippen LogP contribution in [0, 0.1) is 16.0 Å². The number of hydrogen-bond acceptors (Lipinski definition) is 7. The third-order valence-corrected chi connectivity index (χ3v) is 6.50. The predicted molar refractivity (Wildman–Crippen MR) is 111 cm³/mol. The van der Waals surface area contributed by atoms with Gasteiger partial charge in [-0.15, -0.1) is 0 Å². The molecule has 3 aromatic rings. The van der Waals surface area contributed by atoms with Crippen molar-refractivity contribution in [3.8, 4) is 0 Å². The lowest BCUT2D eigenvalue weighted by Gasteiger charge is -2.20. The molecule has 2 aromatic carbocycles. The van der Waals surface area contributed by atoms with E-state index >= 15 is 0 Å². The third kappa shape index (κ3) is 4.57. The van der Waals surface area contributed by atoms with Crippen LogP contribution >= 0.6 is 0 Å². The zero-order valence-corrected chi connectivity index (χ0v) is 17.2. The fourth-order valence-corrected chi connectivity index (χ4v) is 4.58. The first-order valence-electron chi connectivity index (χ1n) is 9.70. The van der Waals surface area contributed by atoms with Gasteiger partial charge in [0.2, 0.25) is 0 Å². The first kappa shape index (κ1) is 20.9. The highest BCUT2D eigenvalue weighted by Crippen LogP contribution is 2.29. The number of aromatic nitrogens is 2. The lowest BCUT2D eigenvalue weighted by Crippen LogP contribution is -2.30. The lowest BCUT2D eigenvalue weighted by molar-refractivity contribution is -0.383. The number of benzene rings is 2. The molecule has 1 saturated heterocycles. The molecule has 162 valence electrons. The number of nitro groups is 1. The molecule has 1 aliphatic rings. The van der Waals surface area contributed by atoms with Gasteiger partial charge in [-0.3, -0.25) is 14.9 Å². The van der Waals surface area contributed by atoms with Gasteiger partial charge < -0.3 is 9.72 Å². The van der Waals surface area contributed by atoms with Gasteiger partial charge in [-0.05, 0) is 37.0 Å². The third-order valence-electron chi connectivity index (χ3n) is 5.19. The van der Waals surface area contributed by atoms with Gasteiger partial charge in [-0.25, -0.2) is 18.1 Å². The Kier molecular flexibility index (Phi) is 5.70. The van der Waals surface area contributed by atoms with E-state index in [-0.39, 0.29) is 16.6 Å². The quantitative estimate of drug-likeness (QED) is 0.439. The molecule has 0 saturated carbocycles. The number of carbonyl (C=O) groups excluding carboxylic acids is 1. The van der Waals surface area contributed by atoms with Crippen molar-refractivity contribution in [3.05, 3.63) is 64.0 Å². The monoisotopic (exact) mass is 444 g/mol. The summed E-state index contributed by atoms with van der Waals surface area (Å²) in [6, 6.07) is 9.98. The molecule has 0 aliphatic carbocycles. The number of nitro benzene ring substituents is 1. The molecule has 11 heteroatoms. The molecule has 0 bridgehead atoms. The fourth-order valence-electron chi connectivity index (χ4n) is 3.57. The normalized spacial score (nSPS) is 15.1. The Morgan fingerprint density at radius 1 is 1.23 bits per heavy atom. The number of imidazole rings is 1. The van der Waals surface area contributed by atoms with Crippen LogP contribution in [0.5, 0.6) is 0 Å². The topological polar surface area (TPSA) is 144 Å². The van der Waals surface area contributed by atoms with Crippen LogP contribution in [0.25, 0.3) is 11.0 Å². The highest BCUT2D eigenvalue weighted by atomic mass is 32.2. The molecule has 0 spiro atoms. The van der Waals surface area contributed by atoms with E-state index in [0.29, 0.717) is 31.4 Å². The van der Waals surface area contributed by atoms with E-state index in [2.05, 4.69) is 9.97 Å². The Bertz CT molecular complexity index is 1230. The van der Waals surface area contributed by atoms with Gasteiger partial charge in [-0.1, -0.05) is 18.2 Å². The van der Waals surface area contributed by atoms with Crippen molar-refractivity contribution in [2.75, 3.05) is 13.2 Å². The van der Waals surface area contributed by atoms with Crippen LogP contribution in [0.3, 0.4) is 0 Å². The molecule has 0 radical (unpaired) electrons. The van der Waals surface area contributed by atoms with Gasteiger partial charge in [0.05, 0.1) is 15.3 Å². The second-order valence-electron chi connectivity index (χ2n) is 7.34. The van der Waals surface area contributed by atoms with E-state index < -0.39 is 31.4 Å². The van der Waals surface area contributed by atoms with Crippen LogP contribution in [-0.2, 0) is 21.2 Å². The average molecular weight is 444 g/mol. The van der Waals surface area contributed by atoms with Crippen molar-refractivity contribution in [1.29, 1.82) is 0 Å². The number of aromatic amines is 1. The number of nitrogens with one attached hydrogen (secondary N) is 2. The van der Waals surface area contributed by atoms with E-state index in [4.69, 9.17) is 4.74 Å². The number of rotatable bonds is 6. The fraction of sp³-hybridized carbons (Fsp3) is 0.300. The van der Waals surface area contributed by atoms with Crippen molar-refractivity contribution in [3.63, 3.8) is 0 Å². The maximum Gasteiger partial charge on any atom is 0.296 e. The maximum atomic E-state index is 12.8. The van der Waals surface area contributed by atoms with Gasteiger partial charge >= 0.3 is 0 Å². The number of H-pyrrole nitrogens is 1. The number of nitrogens with zero attached hydrogens (tertiary/aromatic N) is 2. The second-order valence-corrected chi connectivity index (χ2v) is 9.02. The van der Waals surface area contributed by atoms with Gasteiger partial charge in [0, 0.05) is 31.3 Å². The van der Waals surface area contributed by atoms with Crippen molar-refractivity contribution >= 4 is 32.7 Å². The number of non-ortho nitro benzene ring substituents is 1. The van der Waals surface area contributed by atoms with Gasteiger partial charge in [0.25, 0.3) is 21.6 Å². The summed E-state index contributed by atoms with van der Waals surface area (Å²) in [4.78, 5) is 30.2. The maximum absolute atomic E-state index is 12.8. The van der Waals surface area contributed by atoms with Crippen molar-refractivity contribution in [2.45, 2.75) is 24.2 Å². The summed E-state index contributed by atoms with van der Waals surface area (Å²) in [6.07, 6.45) is 2.32. The summed E-state index contributed by atoms with van der Waals surface area (Å²) in [7, 11) is -4.35. The van der Waals surface area contributed by atoms with Crippen molar-refractivity contribution < 1.29 is 22.9 Å². The average Bonchev–Trinajstić information content (AvgIpc) is 3.16. The minimum absolute atomic E-state index is 0.153. The van der Waals surface area contributed by atoms with E-state index in [1.54, 1.807) is 18.2 Å². The first-order valence-corrected chi connectivity index (χ1v) is 11.2. The summed E-state index contributed by atoms with van der Waals surface area (Å²) in [5.41, 5.74) is 0.0418. The molecule has 4 rings (SSSR count). The molecule has 0 atom stereocenters. The summed E-state index contributed by atoms with van der Waals surface area (Å²) in [5, 5.41) is 11.6. The van der Waals surface area contributed by atoms with Gasteiger partial charge in [0.15, 0.2) is 0 Å². The number of hydrogen-bond donors (Lipinski definition) is 2. The van der Waals surface area contributed by atoms with Crippen molar-refractivity contribution in [2.24, 2.45) is 5.92 Å². The summed E-state index contributed by atoms with van der Waals surface area (Å²) < 4.78 is 32.8. The minimum atomic E-state index is -4.35. The van der Waals surface area contributed by atoms with Crippen LogP contribution in [0.1, 0.15) is 29.0 Å². The van der Waals surface area contributed by atoms with Crippen LogP contribution in [0.15, 0.2) is 47.4 Å². The first-order chi connectivity index (χ1) is 14.8. The molecule has 10 nitrogen and oxygen atoms in total. The van der Waals surface area contributed by atoms with Crippen LogP contribution in [-0.4, -0.2) is 42.4 Å². The van der Waals surface area contributed by atoms with E-state index in [1.807, 2.05) is 4.72 Å². The summed E-state index contributed by atoms with van der Waals surface area (Å²) in [6.45, 7) is 1.32. The largest absolute Gasteiger partial charge is 0.381 e. The van der Waals surface area contributed by atoms with Gasteiger partial charge in [0.1, 0.15) is 11.3 Å². The molecular formula is C20H20N4O6S. The second kappa shape index (κ2) is 8.44. The van der Waals surface area contributed by atoms with Gasteiger partial charge in [-0.2, -0.15) is 0 Å². The highest BCUT2D eigenvalue weighted by molar-refractivity contribution is 7.90. The Morgan fingerprint density at radius 2 is 1.94 bits per heavy atom. The number of amides is 1. The molecule has 1 aliphatic heterocycles. The number of carbonyl (C=O) groups is 1. The van der Waals surface area contributed by atoms with Crippen LogP contribution in [0.4, 0.5) is 5.69 Å². The standard InChI is InChI=1S/C20H20N4O6S/c25-20(14-4-2-1-3-5-14)23-31(28,29)15-11-16-19(17(12-15)24(26)27)22-18(21-16)10-13-6-8-30-9-7-13/h1-5,11-13H,6-10H2,(H,21,22)(H,23,25). The number of ether oxygens (including phenoxy) is 1. The molecule has 2 N–H and O–H groups in total. The molecule has 1 aromatic heterocycles. The molecule has 0 unspecified atom stereocenters. The Balaban J connectivity index is 1.67. The van der Waals surface area contributed by atoms with Crippen LogP contribution < -0.4 is 4.72 Å². The summed E-state index contributed by atoms with van der Waals surface area (Å²) in [5.74, 6) is 0.0557. The van der Waals surface area contributed by atoms with E-state index in [1.165, 1.54) is 18.2 Å². The zero-order valence-electron chi connectivity index (χ0n) is 16.4. The zero-order chi connectivity index (χ0) is 22.0. The molecule has 2 heterocycles. The molecular weight excluding hydrogens is 424 g/mol. The SMILES string of the molecule is O=C(NS(=O)(=O)c1cc([N+](=O)[O-])c2[nH]c(CC3CCOCC3)nc2c1)c1ccccc1. The van der Waals surface area contributed by atoms with E-state index in [0.717, 1.165) is 18.9 Å². The predicted octanol–water partition coefficient (Wildman–Crippen LogP) is 2.56. The highest BCUT2D eigenvalue weighted by Gasteiger charge is 2.26. The minimum Gasteiger partial charge on any atom is -0.381 e. The molecule has 31 heavy (non-hydrogen) atoms. The number of fused-ring (bicyclic) bond motifs is 1. The molecule has 1 fully saturated rings. The summed E-state index contributed by atoms with van der Waals surface area (Å²) >= 11 is 0. The van der Waals surface area contributed by atoms with E-state index in [9.17, 15) is 23.3 Å². The van der Waals surface area contributed by atoms with Crippen LogP contribution in [0.2, 0.25) is 0 Å². The lowest BCUT2D eigenvalue weighted by atomic mass is 9.96. The number of sulfonamides is 1. The molecule has 1 amide bonds. The van der Waals surface area contributed by atoms with Crippen molar-refractivity contribution in [1.82, 2.24) is 14.7 Å². The Hall–Kier alpha value is -3.31. The Labute approximate surface area is 177 Å². The smallest absolute Gasteiger partial charge is 0.296 e. The Morgan fingerprint density at radius 3 is 2.61 bits per heavy atom.